The Morgan fingerprint density at radius 1 is 1.33 bits per heavy atom. The van der Waals surface area contributed by atoms with Crippen molar-refractivity contribution in [2.75, 3.05) is 5.75 Å². The van der Waals surface area contributed by atoms with Gasteiger partial charge in [0.05, 0.1) is 5.75 Å². The van der Waals surface area contributed by atoms with E-state index in [9.17, 15) is 4.79 Å². The van der Waals surface area contributed by atoms with Crippen LogP contribution >= 0.6 is 11.8 Å². The molecule has 1 N–H and O–H groups in total. The van der Waals surface area contributed by atoms with Crippen molar-refractivity contribution in [1.82, 2.24) is 0 Å². The maximum atomic E-state index is 10.5. The van der Waals surface area contributed by atoms with E-state index in [4.69, 9.17) is 5.11 Å². The Balaban J connectivity index is 2.19. The van der Waals surface area contributed by atoms with Gasteiger partial charge in [0.1, 0.15) is 0 Å². The summed E-state index contributed by atoms with van der Waals surface area (Å²) in [4.78, 5) is 11.7. The van der Waals surface area contributed by atoms with E-state index >= 15 is 0 Å². The van der Waals surface area contributed by atoms with Crippen LogP contribution < -0.4 is 0 Å². The van der Waals surface area contributed by atoms with Crippen LogP contribution in [0.2, 0.25) is 0 Å². The second kappa shape index (κ2) is 4.71. The molecule has 2 nitrogen and oxygen atoms in total. The number of fused-ring (bicyclic) bond motifs is 1. The van der Waals surface area contributed by atoms with Crippen molar-refractivity contribution < 1.29 is 9.90 Å². The Labute approximate surface area is 93.7 Å². The average Bonchev–Trinajstić information content (AvgIpc) is 2.26. The third-order valence-corrected chi connectivity index (χ3v) is 3.79. The number of benzene rings is 1. The van der Waals surface area contributed by atoms with E-state index in [2.05, 4.69) is 6.07 Å². The van der Waals surface area contributed by atoms with E-state index in [1.807, 2.05) is 12.1 Å². The van der Waals surface area contributed by atoms with Crippen LogP contribution in [0.5, 0.6) is 0 Å². The van der Waals surface area contributed by atoms with Gasteiger partial charge in [0, 0.05) is 4.90 Å². The summed E-state index contributed by atoms with van der Waals surface area (Å²) in [7, 11) is 0. The molecule has 0 saturated heterocycles. The summed E-state index contributed by atoms with van der Waals surface area (Å²) >= 11 is 1.44. The van der Waals surface area contributed by atoms with Gasteiger partial charge in [0.2, 0.25) is 0 Å². The lowest BCUT2D eigenvalue weighted by atomic mass is 9.92. The number of thioether (sulfide) groups is 1. The molecule has 2 rings (SSSR count). The molecule has 0 amide bonds. The molecule has 1 aliphatic carbocycles. The van der Waals surface area contributed by atoms with Crippen LogP contribution in [0.3, 0.4) is 0 Å². The molecule has 0 radical (unpaired) electrons. The molecule has 0 bridgehead atoms. The van der Waals surface area contributed by atoms with Gasteiger partial charge in [0.15, 0.2) is 0 Å². The minimum absolute atomic E-state index is 0.163. The number of carbonyl (C=O) groups is 1. The number of aryl methyl sites for hydroxylation is 1. The molecule has 0 aromatic heterocycles. The second-order valence-electron chi connectivity index (χ2n) is 3.78. The lowest BCUT2D eigenvalue weighted by Crippen LogP contribution is -2.05. The Bertz CT molecular complexity index is 374. The van der Waals surface area contributed by atoms with E-state index in [1.165, 1.54) is 35.7 Å². The lowest BCUT2D eigenvalue weighted by molar-refractivity contribution is -0.133. The van der Waals surface area contributed by atoms with Crippen LogP contribution in [0.4, 0.5) is 0 Å². The van der Waals surface area contributed by atoms with Gasteiger partial charge in [-0.05, 0) is 42.9 Å². The Morgan fingerprint density at radius 3 is 2.93 bits per heavy atom. The van der Waals surface area contributed by atoms with Gasteiger partial charge in [-0.2, -0.15) is 0 Å². The first-order valence-corrected chi connectivity index (χ1v) is 6.21. The zero-order valence-corrected chi connectivity index (χ0v) is 9.35. The predicted octanol–water partition coefficient (Wildman–Crippen LogP) is 2.74. The summed E-state index contributed by atoms with van der Waals surface area (Å²) in [5, 5.41) is 8.66. The van der Waals surface area contributed by atoms with Crippen molar-refractivity contribution in [1.29, 1.82) is 0 Å². The third-order valence-electron chi connectivity index (χ3n) is 2.70. The quantitative estimate of drug-likeness (QED) is 0.799. The summed E-state index contributed by atoms with van der Waals surface area (Å²) in [6.45, 7) is 0. The van der Waals surface area contributed by atoms with Gasteiger partial charge in [-0.3, -0.25) is 4.79 Å². The minimum atomic E-state index is -0.742. The Hall–Kier alpha value is -0.960. The molecule has 0 atom stereocenters. The molecule has 0 fully saturated rings. The van der Waals surface area contributed by atoms with Crippen LogP contribution in [0.1, 0.15) is 24.0 Å². The highest BCUT2D eigenvalue weighted by Gasteiger charge is 2.13. The first-order valence-electron chi connectivity index (χ1n) is 5.23. The fraction of sp³-hybridized carbons (Fsp3) is 0.417. The van der Waals surface area contributed by atoms with Gasteiger partial charge in [-0.25, -0.2) is 0 Å². The van der Waals surface area contributed by atoms with Crippen molar-refractivity contribution in [3.63, 3.8) is 0 Å². The Morgan fingerprint density at radius 2 is 2.13 bits per heavy atom. The molecule has 0 saturated carbocycles. The molecule has 15 heavy (non-hydrogen) atoms. The summed E-state index contributed by atoms with van der Waals surface area (Å²) in [6, 6.07) is 6.24. The summed E-state index contributed by atoms with van der Waals surface area (Å²) < 4.78 is 0. The molecular formula is C12H14O2S. The molecule has 0 spiro atoms. The van der Waals surface area contributed by atoms with Crippen molar-refractivity contribution in [2.24, 2.45) is 0 Å². The zero-order chi connectivity index (χ0) is 10.7. The van der Waals surface area contributed by atoms with Crippen molar-refractivity contribution in [2.45, 2.75) is 30.6 Å². The number of hydrogen-bond donors (Lipinski definition) is 1. The maximum Gasteiger partial charge on any atom is 0.313 e. The normalized spacial score (nSPS) is 14.7. The molecule has 1 aromatic rings. The topological polar surface area (TPSA) is 37.3 Å². The summed E-state index contributed by atoms with van der Waals surface area (Å²) in [5.74, 6) is -0.579. The molecule has 0 unspecified atom stereocenters. The van der Waals surface area contributed by atoms with Crippen molar-refractivity contribution in [3.05, 3.63) is 29.3 Å². The number of rotatable bonds is 3. The van der Waals surface area contributed by atoms with Gasteiger partial charge in [-0.15, -0.1) is 11.8 Å². The fourth-order valence-corrected chi connectivity index (χ4v) is 2.88. The van der Waals surface area contributed by atoms with E-state index in [0.29, 0.717) is 0 Å². The van der Waals surface area contributed by atoms with Crippen molar-refractivity contribution in [3.8, 4) is 0 Å². The van der Waals surface area contributed by atoms with Gasteiger partial charge in [0.25, 0.3) is 0 Å². The van der Waals surface area contributed by atoms with Crippen LogP contribution in [0.15, 0.2) is 23.1 Å². The number of aliphatic carboxylic acids is 1. The molecule has 3 heteroatoms. The van der Waals surface area contributed by atoms with Crippen LogP contribution in [0.25, 0.3) is 0 Å². The average molecular weight is 222 g/mol. The molecule has 0 heterocycles. The second-order valence-corrected chi connectivity index (χ2v) is 4.80. The standard InChI is InChI=1S/C12H14O2S/c13-12(14)8-15-11-7-3-5-9-4-1-2-6-10(9)11/h3,5,7H,1-2,4,6,8H2,(H,13,14). The fourth-order valence-electron chi connectivity index (χ4n) is 2.02. The molecule has 0 aliphatic heterocycles. The number of carboxylic acid groups (broad SMARTS) is 1. The lowest BCUT2D eigenvalue weighted by Gasteiger charge is -2.18. The SMILES string of the molecule is O=C(O)CSc1cccc2c1CCCC2. The largest absolute Gasteiger partial charge is 0.481 e. The Kier molecular flexibility index (Phi) is 3.31. The molecule has 80 valence electrons. The third kappa shape index (κ3) is 2.53. The minimum Gasteiger partial charge on any atom is -0.481 e. The van der Waals surface area contributed by atoms with Crippen molar-refractivity contribution >= 4 is 17.7 Å². The molecule has 1 aromatic carbocycles. The van der Waals surface area contributed by atoms with Gasteiger partial charge >= 0.3 is 5.97 Å². The highest BCUT2D eigenvalue weighted by molar-refractivity contribution is 8.00. The zero-order valence-electron chi connectivity index (χ0n) is 8.53. The smallest absolute Gasteiger partial charge is 0.313 e. The van der Waals surface area contributed by atoms with Gasteiger partial charge < -0.3 is 5.11 Å². The highest BCUT2D eigenvalue weighted by atomic mass is 32.2. The summed E-state index contributed by atoms with van der Waals surface area (Å²) in [6.07, 6.45) is 4.76. The first kappa shape index (κ1) is 10.6. The van der Waals surface area contributed by atoms with Crippen LogP contribution in [-0.4, -0.2) is 16.8 Å². The summed E-state index contributed by atoms with van der Waals surface area (Å²) in [5.41, 5.74) is 2.80. The van der Waals surface area contributed by atoms with Gasteiger partial charge in [-0.1, -0.05) is 12.1 Å². The van der Waals surface area contributed by atoms with E-state index in [0.717, 1.165) is 17.7 Å². The maximum absolute atomic E-state index is 10.5. The predicted molar refractivity (Wildman–Crippen MR) is 61.4 cm³/mol. The van der Waals surface area contributed by atoms with E-state index in [1.54, 1.807) is 0 Å². The molecule has 1 aliphatic rings. The van der Waals surface area contributed by atoms with E-state index in [-0.39, 0.29) is 5.75 Å². The molecular weight excluding hydrogens is 208 g/mol. The monoisotopic (exact) mass is 222 g/mol. The highest BCUT2D eigenvalue weighted by Crippen LogP contribution is 2.30. The number of carboxylic acids is 1. The first-order chi connectivity index (χ1) is 7.27. The van der Waals surface area contributed by atoms with Crippen LogP contribution in [-0.2, 0) is 17.6 Å². The van der Waals surface area contributed by atoms with Crippen LogP contribution in [0, 0.1) is 0 Å². The van der Waals surface area contributed by atoms with E-state index < -0.39 is 5.97 Å². The number of hydrogen-bond acceptors (Lipinski definition) is 2.